The number of hydrogen-bond donors (Lipinski definition) is 2. The van der Waals surface area contributed by atoms with Crippen molar-refractivity contribution in [3.8, 4) is 23.7 Å². The summed E-state index contributed by atoms with van der Waals surface area (Å²) < 4.78 is 9.68. The summed E-state index contributed by atoms with van der Waals surface area (Å²) in [6.07, 6.45) is 1.62. The van der Waals surface area contributed by atoms with Crippen molar-refractivity contribution in [2.45, 2.75) is 99.2 Å². The van der Waals surface area contributed by atoms with Gasteiger partial charge in [-0.25, -0.2) is 9.78 Å². The molecule has 3 aliphatic heterocycles. The molecule has 0 saturated carbocycles. The van der Waals surface area contributed by atoms with Gasteiger partial charge in [-0.15, -0.1) is 0 Å². The van der Waals surface area contributed by atoms with Gasteiger partial charge in [-0.1, -0.05) is 71.4 Å². The smallest absolute Gasteiger partial charge is 0.407 e. The number of H-pyrrole nitrogens is 1. The van der Waals surface area contributed by atoms with Crippen molar-refractivity contribution in [1.82, 2.24) is 25.1 Å². The van der Waals surface area contributed by atoms with Gasteiger partial charge in [0.15, 0.2) is 0 Å². The minimum absolute atomic E-state index is 0.00352. The Hall–Kier alpha value is -5.88. The fourth-order valence-electron chi connectivity index (χ4n) is 8.52. The Labute approximate surface area is 354 Å². The fourth-order valence-corrected chi connectivity index (χ4v) is 8.52. The van der Waals surface area contributed by atoms with Gasteiger partial charge in [0.1, 0.15) is 17.6 Å². The van der Waals surface area contributed by atoms with Crippen LogP contribution in [0, 0.1) is 60.2 Å². The van der Waals surface area contributed by atoms with E-state index in [-0.39, 0.29) is 54.0 Å². The van der Waals surface area contributed by atoms with Gasteiger partial charge in [-0.05, 0) is 91.3 Å². The number of hydrogen-bond acceptors (Lipinski definition) is 8. The topological polar surface area (TPSA) is 146 Å². The second kappa shape index (κ2) is 18.6. The molecule has 6 rings (SSSR count). The van der Waals surface area contributed by atoms with E-state index in [1.54, 1.807) is 0 Å². The number of fused-ring (bicyclic) bond motifs is 1. The van der Waals surface area contributed by atoms with Crippen LogP contribution in [-0.4, -0.2) is 88.7 Å². The third-order valence-corrected chi connectivity index (χ3v) is 11.9. The minimum Gasteiger partial charge on any atom is -0.469 e. The summed E-state index contributed by atoms with van der Waals surface area (Å²) in [5.41, 5.74) is 5.97. The monoisotopic (exact) mass is 814 g/mol. The van der Waals surface area contributed by atoms with Crippen molar-refractivity contribution in [2.75, 3.05) is 27.3 Å². The summed E-state index contributed by atoms with van der Waals surface area (Å²) in [7, 11) is 2.65. The first-order chi connectivity index (χ1) is 28.6. The Bertz CT molecular complexity index is 2350. The van der Waals surface area contributed by atoms with Gasteiger partial charge in [-0.2, -0.15) is 0 Å². The van der Waals surface area contributed by atoms with E-state index in [4.69, 9.17) is 19.5 Å². The largest absolute Gasteiger partial charge is 0.469 e. The van der Waals surface area contributed by atoms with E-state index >= 15 is 0 Å². The summed E-state index contributed by atoms with van der Waals surface area (Å²) in [5, 5.41) is 4.79. The lowest BCUT2D eigenvalue weighted by molar-refractivity contribution is -0.148. The molecule has 3 aliphatic rings. The Morgan fingerprint density at radius 3 is 2.00 bits per heavy atom. The number of nitrogens with zero attached hydrogens (tertiary/aromatic N) is 4. The van der Waals surface area contributed by atoms with Gasteiger partial charge in [0.25, 0.3) is 0 Å². The number of carbonyl (C=O) groups excluding carboxylic acids is 4. The van der Waals surface area contributed by atoms with Gasteiger partial charge in [0, 0.05) is 53.3 Å². The van der Waals surface area contributed by atoms with Crippen LogP contribution in [0.1, 0.15) is 109 Å². The zero-order valence-corrected chi connectivity index (χ0v) is 36.6. The molecule has 0 radical (unpaired) electrons. The quantitative estimate of drug-likeness (QED) is 0.173. The average Bonchev–Trinajstić information content (AvgIpc) is 4.00. The molecule has 2 aromatic carbocycles. The van der Waals surface area contributed by atoms with E-state index in [1.165, 1.54) is 14.2 Å². The highest BCUT2D eigenvalue weighted by atomic mass is 16.5. The van der Waals surface area contributed by atoms with E-state index < -0.39 is 18.1 Å². The molecular formula is C48H58N6O6. The molecule has 12 heteroatoms. The molecule has 2 N–H and O–H groups in total. The number of carbonyl (C=O) groups is 4. The lowest BCUT2D eigenvalue weighted by atomic mass is 9.90. The number of amides is 3. The highest BCUT2D eigenvalue weighted by Crippen LogP contribution is 2.36. The Morgan fingerprint density at radius 2 is 1.42 bits per heavy atom. The Kier molecular flexibility index (Phi) is 13.5. The molecule has 2 saturated heterocycles. The average molecular weight is 815 g/mol. The maximum Gasteiger partial charge on any atom is 0.407 e. The number of nitrogens with one attached hydrogen (secondary N) is 2. The first-order valence-electron chi connectivity index (χ1n) is 21.0. The molecule has 6 atom stereocenters. The predicted molar refractivity (Wildman–Crippen MR) is 232 cm³/mol. The van der Waals surface area contributed by atoms with Crippen molar-refractivity contribution in [3.63, 3.8) is 0 Å². The number of allylic oxidation sites excluding steroid dienone is 2. The molecule has 2 fully saturated rings. The van der Waals surface area contributed by atoms with Gasteiger partial charge < -0.3 is 29.6 Å². The van der Waals surface area contributed by atoms with Crippen LogP contribution in [0.5, 0.6) is 0 Å². The Morgan fingerprint density at radius 1 is 0.817 bits per heavy atom. The first-order valence-corrected chi connectivity index (χ1v) is 21.0. The Balaban J connectivity index is 1.12. The molecule has 1 aromatic heterocycles. The van der Waals surface area contributed by atoms with Crippen LogP contribution in [0.4, 0.5) is 4.79 Å². The molecule has 4 heterocycles. The van der Waals surface area contributed by atoms with E-state index in [0.29, 0.717) is 36.9 Å². The fraction of sp³-hybridized carbons (Fsp3) is 0.500. The second-order valence-electron chi connectivity index (χ2n) is 17.4. The number of likely N-dealkylation sites (tertiary alicyclic amines) is 2. The van der Waals surface area contributed by atoms with Crippen LogP contribution in [0.3, 0.4) is 0 Å². The number of methoxy groups -OCH3 is 2. The summed E-state index contributed by atoms with van der Waals surface area (Å²) >= 11 is 0. The number of alkyl carbamates (subject to hydrolysis) is 1. The SMILES string of the molecule is COC(=O)C[C@H](C(=O)N1C[C@@H](C)C[C@H]1C1=NC(C)=C(C#Cc2ccc3cc(C#Cc4nc([C@@H]5C[C@H](C)CN5C(=O)[C@@H](NC(=O)OC)C(C)C)[nH]c4C)ccc3c2)C1)C(C)C. The van der Waals surface area contributed by atoms with Crippen molar-refractivity contribution >= 4 is 40.4 Å². The zero-order valence-electron chi connectivity index (χ0n) is 36.6. The van der Waals surface area contributed by atoms with Crippen LogP contribution in [-0.2, 0) is 23.9 Å². The third-order valence-electron chi connectivity index (χ3n) is 11.9. The second-order valence-corrected chi connectivity index (χ2v) is 17.4. The number of ether oxygens (including phenoxy) is 2. The lowest BCUT2D eigenvalue weighted by Crippen LogP contribution is -2.51. The summed E-state index contributed by atoms with van der Waals surface area (Å²) in [6, 6.07) is 11.1. The number of aliphatic imine (C=N–C) groups is 1. The number of benzene rings is 2. The normalized spacial score (nSPS) is 21.0. The highest BCUT2D eigenvalue weighted by molar-refractivity contribution is 5.99. The van der Waals surface area contributed by atoms with E-state index in [2.05, 4.69) is 66.0 Å². The molecule has 60 heavy (non-hydrogen) atoms. The zero-order chi connectivity index (χ0) is 43.4. The number of aromatic nitrogens is 2. The van der Waals surface area contributed by atoms with Crippen LogP contribution in [0.15, 0.2) is 52.7 Å². The maximum absolute atomic E-state index is 13.8. The van der Waals surface area contributed by atoms with E-state index in [9.17, 15) is 19.2 Å². The van der Waals surface area contributed by atoms with Crippen molar-refractivity contribution in [1.29, 1.82) is 0 Å². The van der Waals surface area contributed by atoms with Crippen molar-refractivity contribution in [3.05, 3.63) is 76.0 Å². The first kappa shape index (κ1) is 43.7. The molecule has 0 unspecified atom stereocenters. The predicted octanol–water partition coefficient (Wildman–Crippen LogP) is 7.10. The molecule has 3 amide bonds. The van der Waals surface area contributed by atoms with Gasteiger partial charge in [0.05, 0.1) is 38.6 Å². The van der Waals surface area contributed by atoms with Crippen LogP contribution >= 0.6 is 0 Å². The number of esters is 1. The van der Waals surface area contributed by atoms with Gasteiger partial charge in [0.2, 0.25) is 11.8 Å². The lowest BCUT2D eigenvalue weighted by Gasteiger charge is -2.30. The molecule has 0 bridgehead atoms. The number of aromatic amines is 1. The highest BCUT2D eigenvalue weighted by Gasteiger charge is 2.42. The molecule has 0 aliphatic carbocycles. The van der Waals surface area contributed by atoms with Crippen LogP contribution in [0.2, 0.25) is 0 Å². The summed E-state index contributed by atoms with van der Waals surface area (Å²) in [6.45, 7) is 17.1. The standard InChI is InChI=1S/C48H58N6O6/c1-27(2)38(24-43(55)59-9)46(56)53-25-29(5)19-41(53)40-23-35(31(7)49-40)15-11-33-12-16-37-22-34(13-17-36(37)21-33)14-18-39-32(8)50-45(51-39)42-20-30(6)26-54(42)47(57)44(28(3)4)52-48(58)60-10/h12-13,16-17,21-22,27-30,38,41-42,44H,19-20,23-26H2,1-10H3,(H,50,51)(H,52,58)/t29-,30-,38-,41-,42-,44-/m0/s1. The third kappa shape index (κ3) is 9.76. The molecule has 12 nitrogen and oxygen atoms in total. The molecule has 316 valence electrons. The summed E-state index contributed by atoms with van der Waals surface area (Å²) in [4.78, 5) is 68.6. The van der Waals surface area contributed by atoms with Crippen LogP contribution < -0.4 is 5.32 Å². The molecule has 0 spiro atoms. The van der Waals surface area contributed by atoms with E-state index in [1.807, 2.05) is 69.5 Å². The number of imidazole rings is 1. The maximum atomic E-state index is 13.8. The van der Waals surface area contributed by atoms with E-state index in [0.717, 1.165) is 57.4 Å². The minimum atomic E-state index is -0.712. The number of rotatable bonds is 9. The van der Waals surface area contributed by atoms with Crippen molar-refractivity contribution in [2.24, 2.45) is 34.6 Å². The molecule has 3 aromatic rings. The molecular weight excluding hydrogens is 757 g/mol. The van der Waals surface area contributed by atoms with Crippen LogP contribution in [0.25, 0.3) is 10.8 Å². The van der Waals surface area contributed by atoms with Gasteiger partial charge in [-0.3, -0.25) is 19.4 Å². The number of aryl methyl sites for hydroxylation is 1. The summed E-state index contributed by atoms with van der Waals surface area (Å²) in [5.74, 6) is 13.4. The van der Waals surface area contributed by atoms with Gasteiger partial charge >= 0.3 is 12.1 Å². The van der Waals surface area contributed by atoms with Crippen molar-refractivity contribution < 1.29 is 28.7 Å².